The van der Waals surface area contributed by atoms with Crippen molar-refractivity contribution >= 4 is 5.97 Å². The SMILES string of the molecule is COc1ccc(Cn2nccc2C(=O)O)cc1OC. The molecule has 6 heteroatoms. The van der Waals surface area contributed by atoms with Gasteiger partial charge in [0.2, 0.25) is 0 Å². The van der Waals surface area contributed by atoms with E-state index in [1.54, 1.807) is 26.4 Å². The Hall–Kier alpha value is -2.50. The topological polar surface area (TPSA) is 73.6 Å². The van der Waals surface area contributed by atoms with E-state index in [0.29, 0.717) is 18.0 Å². The molecule has 19 heavy (non-hydrogen) atoms. The van der Waals surface area contributed by atoms with E-state index in [1.807, 2.05) is 6.07 Å². The monoisotopic (exact) mass is 262 g/mol. The van der Waals surface area contributed by atoms with E-state index in [-0.39, 0.29) is 5.69 Å². The van der Waals surface area contributed by atoms with Crippen molar-refractivity contribution in [2.24, 2.45) is 0 Å². The summed E-state index contributed by atoms with van der Waals surface area (Å²) < 4.78 is 11.8. The van der Waals surface area contributed by atoms with Crippen LogP contribution in [0.25, 0.3) is 0 Å². The second-order valence-electron chi connectivity index (χ2n) is 3.87. The second-order valence-corrected chi connectivity index (χ2v) is 3.87. The van der Waals surface area contributed by atoms with Gasteiger partial charge in [-0.05, 0) is 23.8 Å². The number of aromatic nitrogens is 2. The fourth-order valence-electron chi connectivity index (χ4n) is 1.79. The fraction of sp³-hybridized carbons (Fsp3) is 0.231. The number of carbonyl (C=O) groups is 1. The van der Waals surface area contributed by atoms with Crippen LogP contribution in [0.4, 0.5) is 0 Å². The molecule has 0 radical (unpaired) electrons. The van der Waals surface area contributed by atoms with Crippen LogP contribution in [0.3, 0.4) is 0 Å². The van der Waals surface area contributed by atoms with E-state index in [4.69, 9.17) is 14.6 Å². The van der Waals surface area contributed by atoms with Crippen molar-refractivity contribution in [1.29, 1.82) is 0 Å². The molecule has 0 saturated heterocycles. The van der Waals surface area contributed by atoms with Crippen molar-refractivity contribution in [3.05, 3.63) is 41.7 Å². The van der Waals surface area contributed by atoms with Gasteiger partial charge in [0.1, 0.15) is 5.69 Å². The Balaban J connectivity index is 2.28. The first kappa shape index (κ1) is 12.9. The normalized spacial score (nSPS) is 10.2. The predicted molar refractivity (Wildman–Crippen MR) is 67.8 cm³/mol. The molecule has 0 atom stereocenters. The van der Waals surface area contributed by atoms with Crippen LogP contribution < -0.4 is 9.47 Å². The summed E-state index contributed by atoms with van der Waals surface area (Å²) in [7, 11) is 3.12. The highest BCUT2D eigenvalue weighted by atomic mass is 16.5. The summed E-state index contributed by atoms with van der Waals surface area (Å²) in [6.45, 7) is 0.356. The Kier molecular flexibility index (Phi) is 3.70. The van der Waals surface area contributed by atoms with Crippen LogP contribution in [0.2, 0.25) is 0 Å². The van der Waals surface area contributed by atoms with Gasteiger partial charge in [-0.3, -0.25) is 4.68 Å². The highest BCUT2D eigenvalue weighted by Crippen LogP contribution is 2.27. The lowest BCUT2D eigenvalue weighted by Gasteiger charge is -2.10. The van der Waals surface area contributed by atoms with Crippen LogP contribution in [-0.2, 0) is 6.54 Å². The van der Waals surface area contributed by atoms with Crippen LogP contribution in [-0.4, -0.2) is 35.1 Å². The lowest BCUT2D eigenvalue weighted by atomic mass is 10.2. The van der Waals surface area contributed by atoms with Crippen molar-refractivity contribution in [3.63, 3.8) is 0 Å². The Bertz CT molecular complexity index is 592. The minimum Gasteiger partial charge on any atom is -0.493 e. The quantitative estimate of drug-likeness (QED) is 0.886. The molecular formula is C13H14N2O4. The molecule has 1 N–H and O–H groups in total. The van der Waals surface area contributed by atoms with Crippen LogP contribution in [0.1, 0.15) is 16.1 Å². The summed E-state index contributed by atoms with van der Waals surface area (Å²) in [6.07, 6.45) is 1.46. The lowest BCUT2D eigenvalue weighted by molar-refractivity contribution is 0.0684. The molecule has 0 saturated carbocycles. The van der Waals surface area contributed by atoms with E-state index in [2.05, 4.69) is 5.10 Å². The number of aromatic carboxylic acids is 1. The number of rotatable bonds is 5. The molecule has 0 bridgehead atoms. The van der Waals surface area contributed by atoms with Crippen LogP contribution in [0.5, 0.6) is 11.5 Å². The zero-order valence-corrected chi connectivity index (χ0v) is 10.7. The van der Waals surface area contributed by atoms with E-state index in [0.717, 1.165) is 5.56 Å². The van der Waals surface area contributed by atoms with Gasteiger partial charge in [0, 0.05) is 6.20 Å². The number of nitrogens with zero attached hydrogens (tertiary/aromatic N) is 2. The second kappa shape index (κ2) is 5.43. The van der Waals surface area contributed by atoms with E-state index < -0.39 is 5.97 Å². The highest BCUT2D eigenvalue weighted by Gasteiger charge is 2.11. The molecule has 0 amide bonds. The molecule has 2 rings (SSSR count). The van der Waals surface area contributed by atoms with Gasteiger partial charge in [-0.1, -0.05) is 6.07 Å². The molecule has 0 aliphatic carbocycles. The van der Waals surface area contributed by atoms with Crippen LogP contribution in [0, 0.1) is 0 Å². The van der Waals surface area contributed by atoms with Crippen LogP contribution >= 0.6 is 0 Å². The summed E-state index contributed by atoms with van der Waals surface area (Å²) in [5.74, 6) is 0.229. The molecule has 100 valence electrons. The molecule has 1 heterocycles. The number of carboxylic acids is 1. The van der Waals surface area contributed by atoms with Crippen molar-refractivity contribution in [2.75, 3.05) is 14.2 Å². The van der Waals surface area contributed by atoms with Crippen LogP contribution in [0.15, 0.2) is 30.5 Å². The Morgan fingerprint density at radius 3 is 2.63 bits per heavy atom. The van der Waals surface area contributed by atoms with Crippen molar-refractivity contribution in [1.82, 2.24) is 9.78 Å². The zero-order valence-electron chi connectivity index (χ0n) is 10.7. The van der Waals surface area contributed by atoms with Gasteiger partial charge < -0.3 is 14.6 Å². The summed E-state index contributed by atoms with van der Waals surface area (Å²) in [4.78, 5) is 11.0. The predicted octanol–water partition coefficient (Wildman–Crippen LogP) is 1.65. The summed E-state index contributed by atoms with van der Waals surface area (Å²) in [6, 6.07) is 6.88. The first-order chi connectivity index (χ1) is 9.15. The van der Waals surface area contributed by atoms with E-state index in [9.17, 15) is 4.79 Å². The number of benzene rings is 1. The number of methoxy groups -OCH3 is 2. The number of ether oxygens (including phenoxy) is 2. The van der Waals surface area contributed by atoms with Crippen molar-refractivity contribution < 1.29 is 19.4 Å². The smallest absolute Gasteiger partial charge is 0.354 e. The minimum absolute atomic E-state index is 0.148. The molecule has 6 nitrogen and oxygen atoms in total. The average molecular weight is 262 g/mol. The van der Waals surface area contributed by atoms with Gasteiger partial charge in [0.05, 0.1) is 20.8 Å². The molecular weight excluding hydrogens is 248 g/mol. The molecule has 0 aliphatic heterocycles. The van der Waals surface area contributed by atoms with Gasteiger partial charge in [-0.15, -0.1) is 0 Å². The average Bonchev–Trinajstić information content (AvgIpc) is 2.87. The largest absolute Gasteiger partial charge is 0.493 e. The molecule has 2 aromatic rings. The fourth-order valence-corrected chi connectivity index (χ4v) is 1.79. The third-order valence-electron chi connectivity index (χ3n) is 2.72. The lowest BCUT2D eigenvalue weighted by Crippen LogP contribution is -2.10. The Morgan fingerprint density at radius 2 is 2.00 bits per heavy atom. The molecule has 0 unspecified atom stereocenters. The molecule has 0 spiro atoms. The van der Waals surface area contributed by atoms with E-state index in [1.165, 1.54) is 16.9 Å². The molecule has 1 aromatic carbocycles. The van der Waals surface area contributed by atoms with E-state index >= 15 is 0 Å². The van der Waals surface area contributed by atoms with Crippen molar-refractivity contribution in [2.45, 2.75) is 6.54 Å². The van der Waals surface area contributed by atoms with Gasteiger partial charge in [-0.2, -0.15) is 5.10 Å². The maximum atomic E-state index is 11.0. The minimum atomic E-state index is -1.00. The third kappa shape index (κ3) is 2.67. The number of hydrogen-bond donors (Lipinski definition) is 1. The summed E-state index contributed by atoms with van der Waals surface area (Å²) in [5.41, 5.74) is 1.03. The van der Waals surface area contributed by atoms with Gasteiger partial charge in [0.25, 0.3) is 0 Å². The maximum absolute atomic E-state index is 11.0. The first-order valence-corrected chi connectivity index (χ1v) is 5.61. The zero-order chi connectivity index (χ0) is 13.8. The molecule has 0 fully saturated rings. The number of carboxylic acid groups (broad SMARTS) is 1. The first-order valence-electron chi connectivity index (χ1n) is 5.61. The maximum Gasteiger partial charge on any atom is 0.354 e. The summed E-state index contributed by atoms with van der Waals surface area (Å²) >= 11 is 0. The Morgan fingerprint density at radius 1 is 1.26 bits per heavy atom. The number of hydrogen-bond acceptors (Lipinski definition) is 4. The van der Waals surface area contributed by atoms with Gasteiger partial charge >= 0.3 is 5.97 Å². The Labute approximate surface area is 110 Å². The summed E-state index contributed by atoms with van der Waals surface area (Å²) in [5, 5.41) is 13.0. The van der Waals surface area contributed by atoms with Gasteiger partial charge in [0.15, 0.2) is 11.5 Å². The standard InChI is InChI=1S/C13H14N2O4/c1-18-11-4-3-9(7-12(11)19-2)8-15-10(13(16)17)5-6-14-15/h3-7H,8H2,1-2H3,(H,16,17). The highest BCUT2D eigenvalue weighted by molar-refractivity contribution is 5.85. The third-order valence-corrected chi connectivity index (χ3v) is 2.72. The molecule has 0 aliphatic rings. The van der Waals surface area contributed by atoms with Crippen molar-refractivity contribution in [3.8, 4) is 11.5 Å². The molecule has 1 aromatic heterocycles. The van der Waals surface area contributed by atoms with Gasteiger partial charge in [-0.25, -0.2) is 4.79 Å².